The molecule has 1 atom stereocenters. The molecule has 0 spiro atoms. The zero-order valence-electron chi connectivity index (χ0n) is 8.13. The quantitative estimate of drug-likeness (QED) is 0.850. The second-order valence-corrected chi connectivity index (χ2v) is 6.11. The third kappa shape index (κ3) is 2.60. The molecule has 1 aromatic rings. The number of hydrogen-bond acceptors (Lipinski definition) is 4. The molecule has 1 aromatic carbocycles. The molecule has 0 aromatic heterocycles. The minimum atomic E-state index is -3.91. The molecule has 0 aliphatic heterocycles. The van der Waals surface area contributed by atoms with Crippen molar-refractivity contribution in [1.82, 2.24) is 0 Å². The van der Waals surface area contributed by atoms with Gasteiger partial charge in [-0.3, -0.25) is 4.79 Å². The topological polar surface area (TPSA) is 97.5 Å². The highest BCUT2D eigenvalue weighted by molar-refractivity contribution is 9.10. The summed E-state index contributed by atoms with van der Waals surface area (Å²) in [6, 6.07) is 5.74. The molecular formula is C9H10BrNO4S. The Morgan fingerprint density at radius 1 is 1.38 bits per heavy atom. The van der Waals surface area contributed by atoms with Crippen molar-refractivity contribution >= 4 is 31.7 Å². The molecule has 0 bridgehead atoms. The highest BCUT2D eigenvalue weighted by atomic mass is 79.9. The lowest BCUT2D eigenvalue weighted by Gasteiger charge is -2.11. The van der Waals surface area contributed by atoms with E-state index in [1.165, 1.54) is 24.3 Å². The molecule has 0 aliphatic rings. The number of hydrogen-bond donors (Lipinski definition) is 2. The van der Waals surface area contributed by atoms with Crippen molar-refractivity contribution in [3.8, 4) is 0 Å². The standard InChI is InChI=1S/C9H10BrNO4S/c10-6-1-3-7(4-2-6)16(14,15)8(5-11)9(12)13/h1-4,8H,5,11H2,(H,12,13). The van der Waals surface area contributed by atoms with Crippen molar-refractivity contribution < 1.29 is 18.3 Å². The van der Waals surface area contributed by atoms with Gasteiger partial charge in [-0.25, -0.2) is 8.42 Å². The van der Waals surface area contributed by atoms with Crippen LogP contribution in [-0.4, -0.2) is 31.3 Å². The van der Waals surface area contributed by atoms with Crippen LogP contribution >= 0.6 is 15.9 Å². The van der Waals surface area contributed by atoms with Crippen LogP contribution in [0, 0.1) is 0 Å². The van der Waals surface area contributed by atoms with Crippen LogP contribution in [0.4, 0.5) is 0 Å². The van der Waals surface area contributed by atoms with Gasteiger partial charge in [0.2, 0.25) is 0 Å². The number of halogens is 1. The number of carboxylic acid groups (broad SMARTS) is 1. The van der Waals surface area contributed by atoms with E-state index in [2.05, 4.69) is 15.9 Å². The average molecular weight is 308 g/mol. The van der Waals surface area contributed by atoms with Crippen molar-refractivity contribution in [1.29, 1.82) is 0 Å². The molecule has 7 heteroatoms. The second-order valence-electron chi connectivity index (χ2n) is 3.06. The first-order valence-corrected chi connectivity index (χ1v) is 6.66. The third-order valence-corrected chi connectivity index (χ3v) is 4.61. The van der Waals surface area contributed by atoms with Crippen LogP contribution in [-0.2, 0) is 14.6 Å². The summed E-state index contributed by atoms with van der Waals surface area (Å²) in [5.41, 5.74) is 5.16. The molecule has 88 valence electrons. The summed E-state index contributed by atoms with van der Waals surface area (Å²) in [7, 11) is -3.91. The molecule has 16 heavy (non-hydrogen) atoms. The first-order chi connectivity index (χ1) is 7.39. The zero-order valence-corrected chi connectivity index (χ0v) is 10.5. The Hall–Kier alpha value is -0.920. The summed E-state index contributed by atoms with van der Waals surface area (Å²) in [6.07, 6.45) is 0. The molecule has 1 unspecified atom stereocenters. The first kappa shape index (κ1) is 13.1. The largest absolute Gasteiger partial charge is 0.480 e. The maximum Gasteiger partial charge on any atom is 0.323 e. The van der Waals surface area contributed by atoms with E-state index in [9.17, 15) is 13.2 Å². The van der Waals surface area contributed by atoms with E-state index in [-0.39, 0.29) is 4.90 Å². The summed E-state index contributed by atoms with van der Waals surface area (Å²) < 4.78 is 24.4. The summed E-state index contributed by atoms with van der Waals surface area (Å²) in [5, 5.41) is 7.15. The van der Waals surface area contributed by atoms with Crippen molar-refractivity contribution in [3.63, 3.8) is 0 Å². The monoisotopic (exact) mass is 307 g/mol. The van der Waals surface area contributed by atoms with Crippen molar-refractivity contribution in [3.05, 3.63) is 28.7 Å². The van der Waals surface area contributed by atoms with Crippen molar-refractivity contribution in [2.45, 2.75) is 10.1 Å². The lowest BCUT2D eigenvalue weighted by molar-refractivity contribution is -0.136. The van der Waals surface area contributed by atoms with Crippen molar-refractivity contribution in [2.24, 2.45) is 5.73 Å². The van der Waals surface area contributed by atoms with Gasteiger partial charge in [0.1, 0.15) is 0 Å². The number of sulfone groups is 1. The molecule has 0 radical (unpaired) electrons. The molecule has 0 aliphatic carbocycles. The summed E-state index contributed by atoms with van der Waals surface area (Å²) in [5.74, 6) is -1.44. The molecule has 0 heterocycles. The van der Waals surface area contributed by atoms with Gasteiger partial charge in [-0.2, -0.15) is 0 Å². The normalized spacial score (nSPS) is 13.4. The highest BCUT2D eigenvalue weighted by Crippen LogP contribution is 2.18. The van der Waals surface area contributed by atoms with Gasteiger partial charge in [0.25, 0.3) is 0 Å². The van der Waals surface area contributed by atoms with Crippen molar-refractivity contribution in [2.75, 3.05) is 6.54 Å². The van der Waals surface area contributed by atoms with E-state index in [1.54, 1.807) is 0 Å². The molecule has 0 saturated carbocycles. The number of nitrogens with two attached hydrogens (primary N) is 1. The lowest BCUT2D eigenvalue weighted by atomic mass is 10.4. The maximum atomic E-state index is 11.8. The fraction of sp³-hybridized carbons (Fsp3) is 0.222. The van der Waals surface area contributed by atoms with Gasteiger partial charge in [0.05, 0.1) is 4.90 Å². The van der Waals surface area contributed by atoms with Gasteiger partial charge in [-0.05, 0) is 24.3 Å². The van der Waals surface area contributed by atoms with E-state index in [0.29, 0.717) is 4.47 Å². The highest BCUT2D eigenvalue weighted by Gasteiger charge is 2.32. The molecule has 5 nitrogen and oxygen atoms in total. The van der Waals surface area contributed by atoms with Gasteiger partial charge in [0.15, 0.2) is 15.1 Å². The van der Waals surface area contributed by atoms with Crippen LogP contribution in [0.1, 0.15) is 0 Å². The van der Waals surface area contributed by atoms with E-state index < -0.39 is 27.6 Å². The Kier molecular flexibility index (Phi) is 4.06. The Labute approximate surface area is 101 Å². The second kappa shape index (κ2) is 4.94. The van der Waals surface area contributed by atoms with Gasteiger partial charge in [-0.1, -0.05) is 15.9 Å². The predicted molar refractivity (Wildman–Crippen MR) is 61.8 cm³/mol. The number of carboxylic acids is 1. The van der Waals surface area contributed by atoms with E-state index in [4.69, 9.17) is 10.8 Å². The Bertz CT molecular complexity index is 483. The molecule has 0 saturated heterocycles. The van der Waals surface area contributed by atoms with Crippen LogP contribution in [0.2, 0.25) is 0 Å². The fourth-order valence-corrected chi connectivity index (χ4v) is 2.78. The minimum Gasteiger partial charge on any atom is -0.480 e. The smallest absolute Gasteiger partial charge is 0.323 e. The Morgan fingerprint density at radius 3 is 2.25 bits per heavy atom. The number of benzene rings is 1. The predicted octanol–water partition coefficient (Wildman–Crippen LogP) is 0.635. The lowest BCUT2D eigenvalue weighted by Crippen LogP contribution is -2.37. The molecule has 0 fully saturated rings. The summed E-state index contributed by atoms with van der Waals surface area (Å²) in [4.78, 5) is 10.7. The van der Waals surface area contributed by atoms with Crippen LogP contribution < -0.4 is 5.73 Å². The van der Waals surface area contributed by atoms with Crippen LogP contribution in [0.5, 0.6) is 0 Å². The van der Waals surface area contributed by atoms with Gasteiger partial charge in [-0.15, -0.1) is 0 Å². The SMILES string of the molecule is NCC(C(=O)O)S(=O)(=O)c1ccc(Br)cc1. The fourth-order valence-electron chi connectivity index (χ4n) is 1.15. The molecule has 3 N–H and O–H groups in total. The van der Waals surface area contributed by atoms with Gasteiger partial charge in [0, 0.05) is 11.0 Å². The summed E-state index contributed by atoms with van der Waals surface area (Å²) in [6.45, 7) is -0.451. The van der Waals surface area contributed by atoms with Gasteiger partial charge < -0.3 is 10.8 Å². The van der Waals surface area contributed by atoms with E-state index in [0.717, 1.165) is 0 Å². The molecule has 0 amide bonds. The number of aliphatic carboxylic acids is 1. The average Bonchev–Trinajstić information content (AvgIpc) is 2.18. The van der Waals surface area contributed by atoms with Crippen LogP contribution in [0.25, 0.3) is 0 Å². The first-order valence-electron chi connectivity index (χ1n) is 4.32. The van der Waals surface area contributed by atoms with E-state index in [1.807, 2.05) is 0 Å². The Balaban J connectivity index is 3.20. The Morgan fingerprint density at radius 2 is 1.88 bits per heavy atom. The maximum absolute atomic E-state index is 11.8. The zero-order chi connectivity index (χ0) is 12.3. The third-order valence-electron chi connectivity index (χ3n) is 2.01. The molecular weight excluding hydrogens is 298 g/mol. The minimum absolute atomic E-state index is 0.0476. The van der Waals surface area contributed by atoms with Gasteiger partial charge >= 0.3 is 5.97 Å². The number of carbonyl (C=O) groups is 1. The molecule has 1 rings (SSSR count). The van der Waals surface area contributed by atoms with Crippen LogP contribution in [0.15, 0.2) is 33.6 Å². The summed E-state index contributed by atoms with van der Waals surface area (Å²) >= 11 is 3.16. The van der Waals surface area contributed by atoms with Crippen LogP contribution in [0.3, 0.4) is 0 Å². The van der Waals surface area contributed by atoms with E-state index >= 15 is 0 Å². The number of rotatable bonds is 4.